The molecule has 2 aromatic carbocycles. The fraction of sp³-hybridized carbons (Fsp3) is 0. The standard InChI is InChI=1S/2C8H7N3.C2H2O4/c2*9-7-5-3-1-2-4-6(5)8(10)11-7;3-1(4)2(5)6/h2*1-4H,(H3,9,10,11);(H,3,4)(H,5,6). The van der Waals surface area contributed by atoms with Crippen LogP contribution in [0.1, 0.15) is 22.3 Å². The number of carbonyl (C=O) groups is 2. The maximum Gasteiger partial charge on any atom is 0.414 e. The highest BCUT2D eigenvalue weighted by Gasteiger charge is 2.19. The Morgan fingerprint density at radius 2 is 0.786 bits per heavy atom. The van der Waals surface area contributed by atoms with Gasteiger partial charge in [-0.3, -0.25) is 21.6 Å². The number of aliphatic carboxylic acids is 2. The lowest BCUT2D eigenvalue weighted by Gasteiger charge is -1.91. The molecule has 0 aromatic heterocycles. The van der Waals surface area contributed by atoms with Crippen LogP contribution < -0.4 is 10.6 Å². The Bertz CT molecular complexity index is 867. The number of hydrogen-bond donors (Lipinski definition) is 8. The minimum atomic E-state index is -1.82. The quantitative estimate of drug-likeness (QED) is 0.314. The van der Waals surface area contributed by atoms with Gasteiger partial charge in [-0.15, -0.1) is 0 Å². The van der Waals surface area contributed by atoms with Gasteiger partial charge < -0.3 is 20.8 Å². The molecule has 2 aliphatic heterocycles. The van der Waals surface area contributed by atoms with Crippen LogP contribution >= 0.6 is 0 Å². The van der Waals surface area contributed by atoms with Crippen LogP contribution in [-0.2, 0) is 9.59 Å². The number of benzene rings is 2. The van der Waals surface area contributed by atoms with Gasteiger partial charge in [-0.25, -0.2) is 9.59 Å². The van der Waals surface area contributed by atoms with E-state index in [0.717, 1.165) is 22.3 Å². The number of carboxylic acids is 2. The Kier molecular flexibility index (Phi) is 5.96. The highest BCUT2D eigenvalue weighted by atomic mass is 16.4. The molecule has 0 bridgehead atoms. The molecular weight excluding hydrogens is 364 g/mol. The Hall–Kier alpha value is -4.34. The van der Waals surface area contributed by atoms with Crippen molar-refractivity contribution in [1.29, 1.82) is 21.6 Å². The van der Waals surface area contributed by atoms with E-state index in [2.05, 4.69) is 10.6 Å². The van der Waals surface area contributed by atoms with Crippen LogP contribution in [0.2, 0.25) is 0 Å². The number of amidine groups is 4. The van der Waals surface area contributed by atoms with Crippen LogP contribution in [0.25, 0.3) is 0 Å². The lowest BCUT2D eigenvalue weighted by atomic mass is 10.1. The zero-order chi connectivity index (χ0) is 20.8. The summed E-state index contributed by atoms with van der Waals surface area (Å²) in [6.45, 7) is 0. The molecule has 0 radical (unpaired) electrons. The maximum absolute atomic E-state index is 9.10. The molecule has 0 spiro atoms. The molecule has 0 saturated heterocycles. The number of rotatable bonds is 0. The van der Waals surface area contributed by atoms with Crippen molar-refractivity contribution < 1.29 is 19.8 Å². The molecule has 2 aromatic rings. The Morgan fingerprint density at radius 1 is 0.571 bits per heavy atom. The molecule has 0 amide bonds. The van der Waals surface area contributed by atoms with Gasteiger partial charge in [-0.05, 0) is 0 Å². The summed E-state index contributed by atoms with van der Waals surface area (Å²) >= 11 is 0. The highest BCUT2D eigenvalue weighted by Crippen LogP contribution is 2.14. The predicted molar refractivity (Wildman–Crippen MR) is 102 cm³/mol. The van der Waals surface area contributed by atoms with Gasteiger partial charge in [0.25, 0.3) is 0 Å². The SMILES string of the molecule is N=C1NC(=N)c2ccccc21.N=C1NC(=N)c2ccccc21.O=C(O)C(=O)O. The maximum atomic E-state index is 9.10. The first kappa shape index (κ1) is 20.0. The Morgan fingerprint density at radius 3 is 0.964 bits per heavy atom. The van der Waals surface area contributed by atoms with E-state index in [-0.39, 0.29) is 0 Å². The lowest BCUT2D eigenvalue weighted by molar-refractivity contribution is -0.159. The molecule has 0 fully saturated rings. The molecular formula is C18H16N6O4. The topological polar surface area (TPSA) is 194 Å². The molecule has 142 valence electrons. The average molecular weight is 380 g/mol. The van der Waals surface area contributed by atoms with Crippen LogP contribution in [0.15, 0.2) is 48.5 Å². The normalized spacial score (nSPS) is 13.0. The number of nitrogens with one attached hydrogen (secondary N) is 6. The van der Waals surface area contributed by atoms with Crippen LogP contribution in [0.5, 0.6) is 0 Å². The molecule has 0 aliphatic carbocycles. The fourth-order valence-electron chi connectivity index (χ4n) is 2.36. The minimum absolute atomic E-state index is 0.325. The van der Waals surface area contributed by atoms with Gasteiger partial charge in [0.15, 0.2) is 0 Å². The van der Waals surface area contributed by atoms with Gasteiger partial charge in [0.05, 0.1) is 0 Å². The third-order valence-electron chi connectivity index (χ3n) is 3.61. The number of hydrogen-bond acceptors (Lipinski definition) is 6. The zero-order valence-corrected chi connectivity index (χ0v) is 14.3. The highest BCUT2D eigenvalue weighted by molar-refractivity contribution is 6.27. The molecule has 4 rings (SSSR count). The van der Waals surface area contributed by atoms with Crippen molar-refractivity contribution >= 4 is 35.3 Å². The van der Waals surface area contributed by atoms with Crippen molar-refractivity contribution in [3.05, 3.63) is 70.8 Å². The minimum Gasteiger partial charge on any atom is -0.473 e. The van der Waals surface area contributed by atoms with Crippen molar-refractivity contribution in [1.82, 2.24) is 10.6 Å². The van der Waals surface area contributed by atoms with Crippen LogP contribution in [0, 0.1) is 21.6 Å². The van der Waals surface area contributed by atoms with E-state index in [4.69, 9.17) is 41.4 Å². The monoisotopic (exact) mass is 380 g/mol. The second kappa shape index (κ2) is 8.36. The van der Waals surface area contributed by atoms with E-state index >= 15 is 0 Å². The average Bonchev–Trinajstić information content (AvgIpc) is 3.13. The van der Waals surface area contributed by atoms with E-state index < -0.39 is 11.9 Å². The smallest absolute Gasteiger partial charge is 0.414 e. The lowest BCUT2D eigenvalue weighted by Crippen LogP contribution is -2.19. The third kappa shape index (κ3) is 4.43. The molecule has 0 unspecified atom stereocenters. The molecule has 0 saturated carbocycles. The van der Waals surface area contributed by atoms with Gasteiger partial charge in [0, 0.05) is 22.3 Å². The van der Waals surface area contributed by atoms with Gasteiger partial charge in [0.2, 0.25) is 0 Å². The molecule has 10 nitrogen and oxygen atoms in total. The molecule has 2 aliphatic rings. The van der Waals surface area contributed by atoms with Crippen LogP contribution in [0.3, 0.4) is 0 Å². The van der Waals surface area contributed by atoms with Gasteiger partial charge >= 0.3 is 11.9 Å². The number of fused-ring (bicyclic) bond motifs is 2. The van der Waals surface area contributed by atoms with E-state index in [0.29, 0.717) is 23.3 Å². The molecule has 2 heterocycles. The molecule has 10 heteroatoms. The predicted octanol–water partition coefficient (Wildman–Crippen LogP) is 1.04. The van der Waals surface area contributed by atoms with Crippen molar-refractivity contribution in [2.45, 2.75) is 0 Å². The first-order valence-electron chi connectivity index (χ1n) is 7.76. The summed E-state index contributed by atoms with van der Waals surface area (Å²) < 4.78 is 0. The molecule has 8 N–H and O–H groups in total. The zero-order valence-electron chi connectivity index (χ0n) is 14.3. The van der Waals surface area contributed by atoms with E-state index in [9.17, 15) is 0 Å². The second-order valence-electron chi connectivity index (χ2n) is 5.45. The summed E-state index contributed by atoms with van der Waals surface area (Å²) in [4.78, 5) is 18.2. The third-order valence-corrected chi connectivity index (χ3v) is 3.61. The first-order chi connectivity index (χ1) is 13.2. The van der Waals surface area contributed by atoms with Gasteiger partial charge in [-0.2, -0.15) is 0 Å². The Balaban J connectivity index is 0.000000158. The summed E-state index contributed by atoms with van der Waals surface area (Å²) in [7, 11) is 0. The summed E-state index contributed by atoms with van der Waals surface area (Å²) in [6, 6.07) is 14.8. The summed E-state index contributed by atoms with van der Waals surface area (Å²) in [5.74, 6) is -2.35. The first-order valence-corrected chi connectivity index (χ1v) is 7.76. The summed E-state index contributed by atoms with van der Waals surface area (Å²) in [6.07, 6.45) is 0. The Labute approximate surface area is 158 Å². The van der Waals surface area contributed by atoms with E-state index in [1.807, 2.05) is 48.5 Å². The van der Waals surface area contributed by atoms with Crippen LogP contribution in [-0.4, -0.2) is 45.5 Å². The van der Waals surface area contributed by atoms with E-state index in [1.165, 1.54) is 0 Å². The number of carboxylic acid groups (broad SMARTS) is 2. The van der Waals surface area contributed by atoms with Crippen molar-refractivity contribution in [2.24, 2.45) is 0 Å². The van der Waals surface area contributed by atoms with Gasteiger partial charge in [0.1, 0.15) is 23.3 Å². The summed E-state index contributed by atoms with van der Waals surface area (Å²) in [5, 5.41) is 49.7. The van der Waals surface area contributed by atoms with Crippen LogP contribution in [0.4, 0.5) is 0 Å². The largest absolute Gasteiger partial charge is 0.473 e. The molecule has 0 atom stereocenters. The van der Waals surface area contributed by atoms with E-state index in [1.54, 1.807) is 0 Å². The van der Waals surface area contributed by atoms with Crippen molar-refractivity contribution in [3.8, 4) is 0 Å². The van der Waals surface area contributed by atoms with Crippen molar-refractivity contribution in [3.63, 3.8) is 0 Å². The fourth-order valence-corrected chi connectivity index (χ4v) is 2.36. The second-order valence-corrected chi connectivity index (χ2v) is 5.45. The molecule has 28 heavy (non-hydrogen) atoms. The van der Waals surface area contributed by atoms with Crippen molar-refractivity contribution in [2.75, 3.05) is 0 Å². The van der Waals surface area contributed by atoms with Gasteiger partial charge in [-0.1, -0.05) is 48.5 Å². The summed E-state index contributed by atoms with van der Waals surface area (Å²) in [5.41, 5.74) is 3.27.